The molecule has 0 radical (unpaired) electrons. The number of hydrogen-bond acceptors (Lipinski definition) is 2. The van der Waals surface area contributed by atoms with E-state index >= 15 is 0 Å². The normalized spacial score (nSPS) is 27.2. The van der Waals surface area contributed by atoms with Gasteiger partial charge in [0, 0.05) is 6.54 Å². The summed E-state index contributed by atoms with van der Waals surface area (Å²) in [5.74, 6) is 0.0524. The zero-order chi connectivity index (χ0) is 9.90. The van der Waals surface area contributed by atoms with E-state index in [0.29, 0.717) is 12.2 Å². The molecule has 0 bridgehead atoms. The molecule has 1 saturated heterocycles. The lowest BCUT2D eigenvalue weighted by atomic mass is 9.89. The van der Waals surface area contributed by atoms with Crippen molar-refractivity contribution < 1.29 is 13.2 Å². The second-order valence-electron chi connectivity index (χ2n) is 3.36. The van der Waals surface area contributed by atoms with E-state index in [0.717, 1.165) is 12.2 Å². The van der Waals surface area contributed by atoms with E-state index in [4.69, 9.17) is 5.73 Å². The summed E-state index contributed by atoms with van der Waals surface area (Å²) in [6, 6.07) is 0. The molecule has 0 amide bonds. The number of hydrogen-bond donors (Lipinski definition) is 1. The first kappa shape index (κ1) is 11.2. The molecule has 1 heterocycles. The molecule has 5 heteroatoms. The quantitative estimate of drug-likeness (QED) is 0.761. The highest BCUT2D eigenvalue weighted by atomic mass is 32.2. The molecule has 0 spiro atoms. The van der Waals surface area contributed by atoms with Gasteiger partial charge in [-0.3, -0.25) is 0 Å². The predicted octanol–water partition coefficient (Wildman–Crippen LogP) is 2.27. The van der Waals surface area contributed by atoms with Crippen molar-refractivity contribution in [1.82, 2.24) is 0 Å². The fourth-order valence-corrected chi connectivity index (χ4v) is 2.92. The van der Waals surface area contributed by atoms with Crippen molar-refractivity contribution in [2.24, 2.45) is 17.6 Å². The molecule has 0 aromatic rings. The topological polar surface area (TPSA) is 26.0 Å². The fraction of sp³-hybridized carbons (Fsp3) is 1.00. The molecular formula is C8H14F3NS. The van der Waals surface area contributed by atoms with E-state index in [-0.39, 0.29) is 12.5 Å². The van der Waals surface area contributed by atoms with Crippen LogP contribution in [0.3, 0.4) is 0 Å². The second-order valence-corrected chi connectivity index (χ2v) is 4.51. The molecule has 1 rings (SSSR count). The average molecular weight is 213 g/mol. The monoisotopic (exact) mass is 213 g/mol. The Morgan fingerprint density at radius 1 is 1.46 bits per heavy atom. The predicted molar refractivity (Wildman–Crippen MR) is 48.6 cm³/mol. The molecule has 1 fully saturated rings. The first-order valence-electron chi connectivity index (χ1n) is 4.40. The van der Waals surface area contributed by atoms with Gasteiger partial charge < -0.3 is 5.73 Å². The average Bonchev–Trinajstić information content (AvgIpc) is 2.05. The highest BCUT2D eigenvalue weighted by Crippen LogP contribution is 2.37. The Labute approximate surface area is 80.2 Å². The van der Waals surface area contributed by atoms with Crippen LogP contribution in [-0.4, -0.2) is 24.2 Å². The van der Waals surface area contributed by atoms with Gasteiger partial charge in [-0.2, -0.15) is 24.9 Å². The third kappa shape index (κ3) is 3.06. The Kier molecular flexibility index (Phi) is 3.91. The maximum atomic E-state index is 12.4. The molecule has 13 heavy (non-hydrogen) atoms. The number of alkyl halides is 3. The van der Waals surface area contributed by atoms with Crippen molar-refractivity contribution in [2.75, 3.05) is 18.1 Å². The van der Waals surface area contributed by atoms with E-state index in [9.17, 15) is 13.2 Å². The van der Waals surface area contributed by atoms with Crippen LogP contribution in [0.1, 0.15) is 12.8 Å². The van der Waals surface area contributed by atoms with Crippen LogP contribution in [0.4, 0.5) is 13.2 Å². The molecular weight excluding hydrogens is 199 g/mol. The molecule has 0 aromatic heterocycles. The lowest BCUT2D eigenvalue weighted by molar-refractivity contribution is -0.184. The minimum atomic E-state index is -4.11. The van der Waals surface area contributed by atoms with Gasteiger partial charge in [0.2, 0.25) is 0 Å². The SMILES string of the molecule is NCC(C1CCCSC1)C(F)(F)F. The Morgan fingerprint density at radius 3 is 2.54 bits per heavy atom. The standard InChI is InChI=1S/C8H14F3NS/c9-8(10,11)7(4-12)6-2-1-3-13-5-6/h6-7H,1-5,12H2. The molecule has 1 aliphatic heterocycles. The van der Waals surface area contributed by atoms with Crippen molar-refractivity contribution in [3.63, 3.8) is 0 Å². The number of nitrogens with two attached hydrogens (primary N) is 1. The van der Waals surface area contributed by atoms with Crippen LogP contribution in [0.15, 0.2) is 0 Å². The summed E-state index contributed by atoms with van der Waals surface area (Å²) in [4.78, 5) is 0. The summed E-state index contributed by atoms with van der Waals surface area (Å²) < 4.78 is 37.2. The lowest BCUT2D eigenvalue weighted by Crippen LogP contribution is -2.38. The lowest BCUT2D eigenvalue weighted by Gasteiger charge is -2.30. The smallest absolute Gasteiger partial charge is 0.330 e. The van der Waals surface area contributed by atoms with E-state index in [1.165, 1.54) is 0 Å². The Hall–Kier alpha value is 0.100. The summed E-state index contributed by atoms with van der Waals surface area (Å²) in [6.07, 6.45) is -2.55. The summed E-state index contributed by atoms with van der Waals surface area (Å²) in [5.41, 5.74) is 5.16. The minimum absolute atomic E-state index is 0.260. The highest BCUT2D eigenvalue weighted by molar-refractivity contribution is 7.99. The molecule has 2 atom stereocenters. The third-order valence-electron chi connectivity index (χ3n) is 2.44. The summed E-state index contributed by atoms with van der Waals surface area (Å²) in [7, 11) is 0. The van der Waals surface area contributed by atoms with Crippen molar-refractivity contribution in [3.8, 4) is 0 Å². The molecule has 1 aliphatic rings. The van der Waals surface area contributed by atoms with E-state index in [1.54, 1.807) is 11.8 Å². The van der Waals surface area contributed by atoms with Gasteiger partial charge >= 0.3 is 6.18 Å². The first-order valence-corrected chi connectivity index (χ1v) is 5.55. The number of rotatable bonds is 2. The minimum Gasteiger partial charge on any atom is -0.330 e. The molecule has 0 aliphatic carbocycles. The van der Waals surface area contributed by atoms with E-state index in [1.807, 2.05) is 0 Å². The van der Waals surface area contributed by atoms with Gasteiger partial charge in [-0.15, -0.1) is 0 Å². The van der Waals surface area contributed by atoms with Gasteiger partial charge in [-0.25, -0.2) is 0 Å². The molecule has 2 unspecified atom stereocenters. The maximum absolute atomic E-state index is 12.4. The van der Waals surface area contributed by atoms with Crippen LogP contribution in [0.2, 0.25) is 0 Å². The molecule has 78 valence electrons. The van der Waals surface area contributed by atoms with Gasteiger partial charge in [0.15, 0.2) is 0 Å². The summed E-state index contributed by atoms with van der Waals surface area (Å²) in [6.45, 7) is -0.269. The van der Waals surface area contributed by atoms with Crippen LogP contribution in [0, 0.1) is 11.8 Å². The number of thioether (sulfide) groups is 1. The van der Waals surface area contributed by atoms with Crippen LogP contribution in [0.5, 0.6) is 0 Å². The highest BCUT2D eigenvalue weighted by Gasteiger charge is 2.43. The summed E-state index contributed by atoms with van der Waals surface area (Å²) in [5, 5.41) is 0. The van der Waals surface area contributed by atoms with Gasteiger partial charge in [-0.05, 0) is 30.3 Å². The van der Waals surface area contributed by atoms with Crippen LogP contribution in [0.25, 0.3) is 0 Å². The molecule has 1 nitrogen and oxygen atoms in total. The first-order chi connectivity index (χ1) is 6.05. The number of halogens is 3. The Morgan fingerprint density at radius 2 is 2.15 bits per heavy atom. The van der Waals surface area contributed by atoms with Crippen LogP contribution < -0.4 is 5.73 Å². The van der Waals surface area contributed by atoms with Gasteiger partial charge in [0.25, 0.3) is 0 Å². The molecule has 2 N–H and O–H groups in total. The van der Waals surface area contributed by atoms with Crippen molar-refractivity contribution >= 4 is 11.8 Å². The largest absolute Gasteiger partial charge is 0.393 e. The van der Waals surface area contributed by atoms with Gasteiger partial charge in [0.1, 0.15) is 0 Å². The fourth-order valence-electron chi connectivity index (χ4n) is 1.68. The third-order valence-corrected chi connectivity index (χ3v) is 3.68. The Balaban J connectivity index is 2.54. The maximum Gasteiger partial charge on any atom is 0.393 e. The van der Waals surface area contributed by atoms with E-state index < -0.39 is 12.1 Å². The molecule has 0 aromatic carbocycles. The van der Waals surface area contributed by atoms with Gasteiger partial charge in [-0.1, -0.05) is 0 Å². The van der Waals surface area contributed by atoms with Crippen LogP contribution in [-0.2, 0) is 0 Å². The summed E-state index contributed by atoms with van der Waals surface area (Å²) >= 11 is 1.61. The second kappa shape index (κ2) is 4.55. The zero-order valence-electron chi connectivity index (χ0n) is 7.31. The Bertz CT molecular complexity index is 154. The zero-order valence-corrected chi connectivity index (χ0v) is 8.13. The molecule has 0 saturated carbocycles. The van der Waals surface area contributed by atoms with Crippen molar-refractivity contribution in [1.29, 1.82) is 0 Å². The van der Waals surface area contributed by atoms with Crippen molar-refractivity contribution in [2.45, 2.75) is 19.0 Å². The van der Waals surface area contributed by atoms with Crippen LogP contribution >= 0.6 is 11.8 Å². The van der Waals surface area contributed by atoms with Gasteiger partial charge in [0.05, 0.1) is 5.92 Å². The van der Waals surface area contributed by atoms with Crippen molar-refractivity contribution in [3.05, 3.63) is 0 Å². The van der Waals surface area contributed by atoms with E-state index in [2.05, 4.69) is 0 Å².